The molecular formula is C15H20N2O3. The Hall–Kier alpha value is -2.04. The molecule has 2 amide bonds. The highest BCUT2D eigenvalue weighted by molar-refractivity contribution is 5.78. The number of carboxylic acid groups (broad SMARTS) is 1. The molecule has 0 aromatic heterocycles. The molecule has 1 saturated heterocycles. The average molecular weight is 276 g/mol. The summed E-state index contributed by atoms with van der Waals surface area (Å²) < 4.78 is 0. The number of aliphatic carboxylic acids is 1. The number of nitrogens with one attached hydrogen (secondary N) is 1. The Bertz CT molecular complexity index is 489. The Morgan fingerprint density at radius 3 is 2.50 bits per heavy atom. The predicted octanol–water partition coefficient (Wildman–Crippen LogP) is 2.11. The minimum absolute atomic E-state index is 0.00900. The van der Waals surface area contributed by atoms with Crippen molar-refractivity contribution in [3.63, 3.8) is 0 Å². The van der Waals surface area contributed by atoms with Gasteiger partial charge in [-0.1, -0.05) is 37.3 Å². The van der Waals surface area contributed by atoms with Crippen molar-refractivity contribution >= 4 is 12.0 Å². The zero-order chi connectivity index (χ0) is 14.7. The highest BCUT2D eigenvalue weighted by Crippen LogP contribution is 2.23. The predicted molar refractivity (Wildman–Crippen MR) is 75.3 cm³/mol. The molecule has 2 N–H and O–H groups in total. The summed E-state index contributed by atoms with van der Waals surface area (Å²) in [6.45, 7) is 4.56. The number of nitrogens with zero attached hydrogens (tertiary/aromatic N) is 1. The van der Waals surface area contributed by atoms with Gasteiger partial charge in [0, 0.05) is 13.1 Å². The summed E-state index contributed by atoms with van der Waals surface area (Å²) in [7, 11) is 0. The SMILES string of the molecule is CC(NC(=O)N1CC(C)C(C(=O)O)C1)c1ccccc1. The standard InChI is InChI=1S/C15H20N2O3/c1-10-8-17(9-13(10)14(18)19)15(20)16-11(2)12-6-4-3-5-7-12/h3-7,10-11,13H,8-9H2,1-2H3,(H,16,20)(H,18,19). The van der Waals surface area contributed by atoms with Crippen LogP contribution in [0.5, 0.6) is 0 Å². The van der Waals surface area contributed by atoms with Gasteiger partial charge in [0.2, 0.25) is 0 Å². The molecule has 20 heavy (non-hydrogen) atoms. The Morgan fingerprint density at radius 1 is 1.30 bits per heavy atom. The molecule has 1 fully saturated rings. The Morgan fingerprint density at radius 2 is 1.95 bits per heavy atom. The van der Waals surface area contributed by atoms with Gasteiger partial charge >= 0.3 is 12.0 Å². The second-order valence-corrected chi connectivity index (χ2v) is 5.41. The number of carboxylic acids is 1. The van der Waals surface area contributed by atoms with E-state index in [1.165, 1.54) is 0 Å². The number of rotatable bonds is 3. The van der Waals surface area contributed by atoms with Crippen molar-refractivity contribution in [3.05, 3.63) is 35.9 Å². The smallest absolute Gasteiger partial charge is 0.317 e. The number of hydrogen-bond donors (Lipinski definition) is 2. The van der Waals surface area contributed by atoms with Gasteiger partial charge in [0.05, 0.1) is 12.0 Å². The Balaban J connectivity index is 1.95. The molecule has 0 saturated carbocycles. The number of carbonyl (C=O) groups is 2. The van der Waals surface area contributed by atoms with Crippen molar-refractivity contribution in [2.75, 3.05) is 13.1 Å². The molecule has 0 aliphatic carbocycles. The maximum absolute atomic E-state index is 12.2. The molecule has 5 nitrogen and oxygen atoms in total. The lowest BCUT2D eigenvalue weighted by molar-refractivity contribution is -0.142. The van der Waals surface area contributed by atoms with Crippen LogP contribution in [-0.2, 0) is 4.79 Å². The summed E-state index contributed by atoms with van der Waals surface area (Å²) in [6, 6.07) is 9.40. The van der Waals surface area contributed by atoms with Crippen molar-refractivity contribution < 1.29 is 14.7 Å². The summed E-state index contributed by atoms with van der Waals surface area (Å²) in [5, 5.41) is 12.0. The summed E-state index contributed by atoms with van der Waals surface area (Å²) in [5.41, 5.74) is 1.03. The third-order valence-electron chi connectivity index (χ3n) is 3.86. The van der Waals surface area contributed by atoms with Crippen LogP contribution in [0.3, 0.4) is 0 Å². The first-order valence-electron chi connectivity index (χ1n) is 6.82. The molecule has 3 atom stereocenters. The van der Waals surface area contributed by atoms with Gasteiger partial charge in [-0.25, -0.2) is 4.79 Å². The molecule has 108 valence electrons. The summed E-state index contributed by atoms with van der Waals surface area (Å²) in [5.74, 6) is -1.30. The quantitative estimate of drug-likeness (QED) is 0.888. The van der Waals surface area contributed by atoms with E-state index in [1.807, 2.05) is 44.2 Å². The topological polar surface area (TPSA) is 69.6 Å². The van der Waals surface area contributed by atoms with Crippen LogP contribution in [0.2, 0.25) is 0 Å². The monoisotopic (exact) mass is 276 g/mol. The van der Waals surface area contributed by atoms with Crippen LogP contribution in [0.15, 0.2) is 30.3 Å². The molecule has 1 aliphatic rings. The van der Waals surface area contributed by atoms with Crippen LogP contribution in [0, 0.1) is 11.8 Å². The second kappa shape index (κ2) is 5.94. The van der Waals surface area contributed by atoms with E-state index in [9.17, 15) is 9.59 Å². The fourth-order valence-corrected chi connectivity index (χ4v) is 2.56. The van der Waals surface area contributed by atoms with Crippen molar-refractivity contribution in [1.29, 1.82) is 0 Å². The zero-order valence-corrected chi connectivity index (χ0v) is 11.7. The fourth-order valence-electron chi connectivity index (χ4n) is 2.56. The van der Waals surface area contributed by atoms with Gasteiger partial charge in [-0.15, -0.1) is 0 Å². The van der Waals surface area contributed by atoms with Crippen molar-refractivity contribution in [3.8, 4) is 0 Å². The normalized spacial score (nSPS) is 23.4. The number of carbonyl (C=O) groups excluding carboxylic acids is 1. The van der Waals surface area contributed by atoms with Crippen molar-refractivity contribution in [2.24, 2.45) is 11.8 Å². The van der Waals surface area contributed by atoms with E-state index in [0.29, 0.717) is 6.54 Å². The second-order valence-electron chi connectivity index (χ2n) is 5.41. The lowest BCUT2D eigenvalue weighted by Gasteiger charge is -2.21. The molecule has 1 aliphatic heterocycles. The highest BCUT2D eigenvalue weighted by Gasteiger charge is 2.37. The van der Waals surface area contributed by atoms with Crippen LogP contribution >= 0.6 is 0 Å². The largest absolute Gasteiger partial charge is 0.481 e. The molecule has 0 bridgehead atoms. The molecule has 3 unspecified atom stereocenters. The van der Waals surface area contributed by atoms with E-state index in [2.05, 4.69) is 5.32 Å². The lowest BCUT2D eigenvalue weighted by atomic mass is 9.99. The van der Waals surface area contributed by atoms with E-state index < -0.39 is 11.9 Å². The van der Waals surface area contributed by atoms with Gasteiger partial charge < -0.3 is 15.3 Å². The number of benzene rings is 1. The maximum atomic E-state index is 12.2. The molecule has 0 radical (unpaired) electrons. The third-order valence-corrected chi connectivity index (χ3v) is 3.86. The van der Waals surface area contributed by atoms with Gasteiger partial charge in [-0.05, 0) is 18.4 Å². The minimum atomic E-state index is -0.830. The summed E-state index contributed by atoms with van der Waals surface area (Å²) >= 11 is 0. The zero-order valence-electron chi connectivity index (χ0n) is 11.7. The van der Waals surface area contributed by atoms with Crippen LogP contribution < -0.4 is 5.32 Å². The number of amides is 2. The molecule has 5 heteroatoms. The van der Waals surface area contributed by atoms with Crippen molar-refractivity contribution in [2.45, 2.75) is 19.9 Å². The summed E-state index contributed by atoms with van der Waals surface area (Å²) in [6.07, 6.45) is 0. The Labute approximate surface area is 118 Å². The van der Waals surface area contributed by atoms with Gasteiger partial charge in [-0.2, -0.15) is 0 Å². The highest BCUT2D eigenvalue weighted by atomic mass is 16.4. The molecule has 1 aromatic rings. The van der Waals surface area contributed by atoms with Crippen LogP contribution in [0.25, 0.3) is 0 Å². The average Bonchev–Trinajstić information content (AvgIpc) is 2.82. The molecule has 1 heterocycles. The van der Waals surface area contributed by atoms with Crippen LogP contribution in [0.1, 0.15) is 25.5 Å². The van der Waals surface area contributed by atoms with E-state index in [-0.39, 0.29) is 24.5 Å². The maximum Gasteiger partial charge on any atom is 0.317 e. The van der Waals surface area contributed by atoms with E-state index in [4.69, 9.17) is 5.11 Å². The first-order chi connectivity index (χ1) is 9.49. The first-order valence-corrected chi connectivity index (χ1v) is 6.82. The number of hydrogen-bond acceptors (Lipinski definition) is 2. The van der Waals surface area contributed by atoms with Gasteiger partial charge in [-0.3, -0.25) is 4.79 Å². The van der Waals surface area contributed by atoms with E-state index >= 15 is 0 Å². The third kappa shape index (κ3) is 3.10. The lowest BCUT2D eigenvalue weighted by Crippen LogP contribution is -2.40. The van der Waals surface area contributed by atoms with E-state index in [0.717, 1.165) is 5.56 Å². The van der Waals surface area contributed by atoms with Gasteiger partial charge in [0.1, 0.15) is 0 Å². The minimum Gasteiger partial charge on any atom is -0.481 e. The van der Waals surface area contributed by atoms with Gasteiger partial charge in [0.25, 0.3) is 0 Å². The Kier molecular flexibility index (Phi) is 4.27. The van der Waals surface area contributed by atoms with E-state index in [1.54, 1.807) is 4.90 Å². The number of urea groups is 1. The fraction of sp³-hybridized carbons (Fsp3) is 0.467. The summed E-state index contributed by atoms with van der Waals surface area (Å²) in [4.78, 5) is 24.8. The first kappa shape index (κ1) is 14.4. The molecule has 2 rings (SSSR count). The molecular weight excluding hydrogens is 256 g/mol. The number of likely N-dealkylation sites (tertiary alicyclic amines) is 1. The van der Waals surface area contributed by atoms with Crippen LogP contribution in [-0.4, -0.2) is 35.1 Å². The molecule has 1 aromatic carbocycles. The van der Waals surface area contributed by atoms with Gasteiger partial charge in [0.15, 0.2) is 0 Å². The van der Waals surface area contributed by atoms with Crippen molar-refractivity contribution in [1.82, 2.24) is 10.2 Å². The van der Waals surface area contributed by atoms with Crippen LogP contribution in [0.4, 0.5) is 4.79 Å². The molecule has 0 spiro atoms.